The molecule has 0 saturated heterocycles. The Morgan fingerprint density at radius 2 is 2.07 bits per heavy atom. The molecule has 0 radical (unpaired) electrons. The second-order valence-electron chi connectivity index (χ2n) is 7.78. The fourth-order valence-corrected chi connectivity index (χ4v) is 3.65. The third-order valence-corrected chi connectivity index (χ3v) is 5.32. The van der Waals surface area contributed by atoms with Gasteiger partial charge in [0.15, 0.2) is 5.13 Å². The Balaban J connectivity index is 1.51. The van der Waals surface area contributed by atoms with Gasteiger partial charge in [0.2, 0.25) is 11.8 Å². The number of fused-ring (bicyclic) bond motifs is 1. The van der Waals surface area contributed by atoms with Crippen LogP contribution in [0, 0.1) is 5.41 Å². The maximum absolute atomic E-state index is 12.3. The molecule has 1 aliphatic rings. The number of anilines is 1. The zero-order valence-corrected chi connectivity index (χ0v) is 16.8. The summed E-state index contributed by atoms with van der Waals surface area (Å²) in [5, 5.41) is 11.6. The smallest absolute Gasteiger partial charge is 0.231 e. The topological polar surface area (TPSA) is 83.1 Å². The van der Waals surface area contributed by atoms with E-state index in [0.29, 0.717) is 17.4 Å². The Morgan fingerprint density at radius 3 is 2.85 bits per heavy atom. The molecule has 27 heavy (non-hydrogen) atoms. The highest BCUT2D eigenvalue weighted by atomic mass is 32.1. The van der Waals surface area contributed by atoms with Crippen molar-refractivity contribution in [2.24, 2.45) is 5.41 Å². The molecule has 1 aromatic carbocycles. The van der Waals surface area contributed by atoms with Gasteiger partial charge in [-0.1, -0.05) is 45.0 Å². The van der Waals surface area contributed by atoms with Gasteiger partial charge in [0.25, 0.3) is 0 Å². The molecular weight excluding hydrogens is 360 g/mol. The van der Waals surface area contributed by atoms with Crippen molar-refractivity contribution in [2.45, 2.75) is 39.7 Å². The standard InChI is InChI=1S/C20H26N4O2S/c1-20(2,3)18(26)24-19-23-14(12-27-19)10-17(25)22-11-16-15-7-5-4-6-13(15)8-9-21-16/h4-7,12,16,21H,8-11H2,1-3H3,(H,22,25)(H,23,24,26). The maximum Gasteiger partial charge on any atom is 0.231 e. The summed E-state index contributed by atoms with van der Waals surface area (Å²) in [6.45, 7) is 7.01. The van der Waals surface area contributed by atoms with Gasteiger partial charge < -0.3 is 16.0 Å². The molecule has 7 heteroatoms. The number of thiazole rings is 1. The largest absolute Gasteiger partial charge is 0.354 e. The minimum absolute atomic E-state index is 0.0705. The Hall–Kier alpha value is -2.25. The van der Waals surface area contributed by atoms with Crippen molar-refractivity contribution in [1.29, 1.82) is 0 Å². The maximum atomic E-state index is 12.3. The molecule has 3 N–H and O–H groups in total. The molecule has 0 fully saturated rings. The molecule has 1 aromatic heterocycles. The van der Waals surface area contributed by atoms with Crippen molar-refractivity contribution in [2.75, 3.05) is 18.4 Å². The summed E-state index contributed by atoms with van der Waals surface area (Å²) in [6, 6.07) is 8.48. The number of amides is 2. The van der Waals surface area contributed by atoms with E-state index in [2.05, 4.69) is 39.1 Å². The van der Waals surface area contributed by atoms with Crippen molar-refractivity contribution >= 4 is 28.3 Å². The van der Waals surface area contributed by atoms with Crippen LogP contribution in [-0.4, -0.2) is 29.9 Å². The highest BCUT2D eigenvalue weighted by Gasteiger charge is 2.23. The van der Waals surface area contributed by atoms with Gasteiger partial charge in [-0.25, -0.2) is 4.98 Å². The lowest BCUT2D eigenvalue weighted by Gasteiger charge is -2.27. The van der Waals surface area contributed by atoms with E-state index in [0.717, 1.165) is 13.0 Å². The first-order valence-electron chi connectivity index (χ1n) is 9.16. The quantitative estimate of drug-likeness (QED) is 0.738. The van der Waals surface area contributed by atoms with E-state index >= 15 is 0 Å². The van der Waals surface area contributed by atoms with Crippen LogP contribution in [0.3, 0.4) is 0 Å². The highest BCUT2D eigenvalue weighted by Crippen LogP contribution is 2.22. The minimum Gasteiger partial charge on any atom is -0.354 e. The van der Waals surface area contributed by atoms with Gasteiger partial charge in [-0.3, -0.25) is 9.59 Å². The van der Waals surface area contributed by atoms with E-state index in [-0.39, 0.29) is 24.3 Å². The monoisotopic (exact) mass is 386 g/mol. The number of hydrogen-bond acceptors (Lipinski definition) is 5. The van der Waals surface area contributed by atoms with Gasteiger partial charge in [-0.2, -0.15) is 0 Å². The van der Waals surface area contributed by atoms with Crippen molar-refractivity contribution in [3.05, 3.63) is 46.5 Å². The number of nitrogens with one attached hydrogen (secondary N) is 3. The van der Waals surface area contributed by atoms with E-state index in [9.17, 15) is 9.59 Å². The van der Waals surface area contributed by atoms with Crippen molar-refractivity contribution < 1.29 is 9.59 Å². The first-order chi connectivity index (χ1) is 12.8. The van der Waals surface area contributed by atoms with Gasteiger partial charge in [0, 0.05) is 23.4 Å². The number of carbonyl (C=O) groups is 2. The van der Waals surface area contributed by atoms with Gasteiger partial charge in [0.05, 0.1) is 12.1 Å². The predicted molar refractivity (Wildman–Crippen MR) is 108 cm³/mol. The summed E-state index contributed by atoms with van der Waals surface area (Å²) in [5.41, 5.74) is 2.78. The highest BCUT2D eigenvalue weighted by molar-refractivity contribution is 7.13. The Bertz CT molecular complexity index is 825. The van der Waals surface area contributed by atoms with Crippen LogP contribution in [0.1, 0.15) is 43.6 Å². The first-order valence-corrected chi connectivity index (χ1v) is 10.0. The fraction of sp³-hybridized carbons (Fsp3) is 0.450. The van der Waals surface area contributed by atoms with Crippen molar-refractivity contribution in [3.63, 3.8) is 0 Å². The Kier molecular flexibility index (Phi) is 5.92. The molecule has 2 aromatic rings. The third-order valence-electron chi connectivity index (χ3n) is 4.51. The van der Waals surface area contributed by atoms with Crippen LogP contribution in [0.5, 0.6) is 0 Å². The van der Waals surface area contributed by atoms with Gasteiger partial charge in [0.1, 0.15) is 0 Å². The normalized spacial score (nSPS) is 16.5. The molecule has 1 atom stereocenters. The summed E-state index contributed by atoms with van der Waals surface area (Å²) in [6.07, 6.45) is 1.22. The molecule has 0 spiro atoms. The predicted octanol–water partition coefficient (Wildman–Crippen LogP) is 2.67. The van der Waals surface area contributed by atoms with E-state index in [1.807, 2.05) is 32.2 Å². The number of carbonyl (C=O) groups excluding carboxylic acids is 2. The van der Waals surface area contributed by atoms with E-state index in [1.54, 1.807) is 0 Å². The van der Waals surface area contributed by atoms with Crippen LogP contribution in [0.15, 0.2) is 29.6 Å². The molecule has 2 amide bonds. The van der Waals surface area contributed by atoms with Crippen LogP contribution in [-0.2, 0) is 22.4 Å². The van der Waals surface area contributed by atoms with Crippen LogP contribution < -0.4 is 16.0 Å². The number of aromatic nitrogens is 1. The Labute approximate surface area is 163 Å². The summed E-state index contributed by atoms with van der Waals surface area (Å²) in [5.74, 6) is -0.159. The number of hydrogen-bond donors (Lipinski definition) is 3. The van der Waals surface area contributed by atoms with E-state index in [1.165, 1.54) is 22.5 Å². The number of benzene rings is 1. The van der Waals surface area contributed by atoms with E-state index < -0.39 is 5.41 Å². The lowest BCUT2D eigenvalue weighted by molar-refractivity contribution is -0.123. The molecule has 144 valence electrons. The summed E-state index contributed by atoms with van der Waals surface area (Å²) in [7, 11) is 0. The van der Waals surface area contributed by atoms with Gasteiger partial charge >= 0.3 is 0 Å². The third kappa shape index (κ3) is 5.14. The van der Waals surface area contributed by atoms with E-state index in [4.69, 9.17) is 0 Å². The average Bonchev–Trinajstić information content (AvgIpc) is 3.06. The SMILES string of the molecule is CC(C)(C)C(=O)Nc1nc(CC(=O)NCC2NCCc3ccccc32)cs1. The zero-order valence-electron chi connectivity index (χ0n) is 16.0. The zero-order chi connectivity index (χ0) is 19.4. The van der Waals surface area contributed by atoms with Crippen LogP contribution >= 0.6 is 11.3 Å². The fourth-order valence-electron chi connectivity index (χ4n) is 2.95. The molecule has 0 saturated carbocycles. The Morgan fingerprint density at radius 1 is 1.30 bits per heavy atom. The second kappa shape index (κ2) is 8.19. The van der Waals surface area contributed by atoms with Gasteiger partial charge in [-0.15, -0.1) is 11.3 Å². The van der Waals surface area contributed by atoms with Crippen LogP contribution in [0.4, 0.5) is 5.13 Å². The molecular formula is C20H26N4O2S. The lowest BCUT2D eigenvalue weighted by atomic mass is 9.94. The summed E-state index contributed by atoms with van der Waals surface area (Å²) < 4.78 is 0. The molecule has 1 unspecified atom stereocenters. The first kappa shape index (κ1) is 19.5. The average molecular weight is 387 g/mol. The van der Waals surface area contributed by atoms with Gasteiger partial charge in [-0.05, 0) is 24.1 Å². The van der Waals surface area contributed by atoms with Crippen molar-refractivity contribution in [1.82, 2.24) is 15.6 Å². The summed E-state index contributed by atoms with van der Waals surface area (Å²) in [4.78, 5) is 28.7. The molecule has 2 heterocycles. The number of nitrogens with zero attached hydrogens (tertiary/aromatic N) is 1. The van der Waals surface area contributed by atoms with Crippen LogP contribution in [0.25, 0.3) is 0 Å². The number of rotatable bonds is 5. The molecule has 0 bridgehead atoms. The molecule has 6 nitrogen and oxygen atoms in total. The van der Waals surface area contributed by atoms with Crippen LogP contribution in [0.2, 0.25) is 0 Å². The molecule has 3 rings (SSSR count). The molecule has 0 aliphatic carbocycles. The van der Waals surface area contributed by atoms with Crippen molar-refractivity contribution in [3.8, 4) is 0 Å². The molecule has 1 aliphatic heterocycles. The summed E-state index contributed by atoms with van der Waals surface area (Å²) >= 11 is 1.34. The minimum atomic E-state index is -0.480. The second-order valence-corrected chi connectivity index (χ2v) is 8.64. The lowest BCUT2D eigenvalue weighted by Crippen LogP contribution is -2.39.